The number of aliphatic hydroxyl groups excluding tert-OH is 3. The van der Waals surface area contributed by atoms with Crippen LogP contribution in [0.3, 0.4) is 0 Å². The molecule has 0 radical (unpaired) electrons. The SMILES string of the molecule is CCC/C=C\C/C=C\CCCCCCCCOCC(COC1OC(CO)C(O)C(OS(=O)(=O)O)C1O)OC(=O)CCCCCCCCCCCCCCCCCCCC. The summed E-state index contributed by atoms with van der Waals surface area (Å²) >= 11 is 0. The smallest absolute Gasteiger partial charge is 0.397 e. The van der Waals surface area contributed by atoms with Gasteiger partial charge in [0, 0.05) is 13.0 Å². The minimum atomic E-state index is -5.06. The third kappa shape index (κ3) is 32.0. The molecule has 1 heterocycles. The van der Waals surface area contributed by atoms with E-state index in [1.165, 1.54) is 109 Å². The summed E-state index contributed by atoms with van der Waals surface area (Å²) in [6.07, 6.45) is 33.5. The second kappa shape index (κ2) is 38.3. The lowest BCUT2D eigenvalue weighted by atomic mass is 9.99. The average Bonchev–Trinajstić information content (AvgIpc) is 3.20. The maximum atomic E-state index is 12.9. The van der Waals surface area contributed by atoms with Crippen molar-refractivity contribution in [3.8, 4) is 0 Å². The number of rotatable bonds is 41. The minimum absolute atomic E-state index is 0.0324. The van der Waals surface area contributed by atoms with Gasteiger partial charge in [-0.05, 0) is 38.5 Å². The molecule has 4 N–H and O–H groups in total. The zero-order valence-corrected chi connectivity index (χ0v) is 37.9. The first-order chi connectivity index (χ1) is 28.6. The van der Waals surface area contributed by atoms with Crippen LogP contribution in [0.25, 0.3) is 0 Å². The van der Waals surface area contributed by atoms with Gasteiger partial charge in [0.15, 0.2) is 6.29 Å². The van der Waals surface area contributed by atoms with Crippen LogP contribution in [0.5, 0.6) is 0 Å². The molecule has 348 valence electrons. The molecule has 0 saturated carbocycles. The molecular formula is C46H86O12S. The summed E-state index contributed by atoms with van der Waals surface area (Å²) in [5, 5.41) is 30.7. The molecule has 13 heteroatoms. The highest BCUT2D eigenvalue weighted by Crippen LogP contribution is 2.26. The fraction of sp³-hybridized carbons (Fsp3) is 0.891. The Balaban J connectivity index is 2.40. The monoisotopic (exact) mass is 863 g/mol. The first-order valence-electron chi connectivity index (χ1n) is 23.6. The highest BCUT2D eigenvalue weighted by atomic mass is 32.3. The number of carbonyl (C=O) groups excluding carboxylic acids is 1. The summed E-state index contributed by atoms with van der Waals surface area (Å²) in [5.41, 5.74) is 0. The van der Waals surface area contributed by atoms with Crippen molar-refractivity contribution in [2.75, 3.05) is 26.4 Å². The predicted octanol–water partition coefficient (Wildman–Crippen LogP) is 10.0. The van der Waals surface area contributed by atoms with E-state index in [1.54, 1.807) is 0 Å². The molecule has 1 rings (SSSR count). The van der Waals surface area contributed by atoms with Gasteiger partial charge in [0.1, 0.15) is 30.5 Å². The third-order valence-corrected chi connectivity index (χ3v) is 11.3. The van der Waals surface area contributed by atoms with Crippen LogP contribution < -0.4 is 0 Å². The average molecular weight is 863 g/mol. The number of allylic oxidation sites excluding steroid dienone is 4. The molecule has 0 aromatic rings. The first kappa shape index (κ1) is 55.6. The van der Waals surface area contributed by atoms with Gasteiger partial charge in [0.05, 0.1) is 19.8 Å². The summed E-state index contributed by atoms with van der Waals surface area (Å²) in [4.78, 5) is 12.9. The lowest BCUT2D eigenvalue weighted by molar-refractivity contribution is -0.301. The normalized spacial score (nSPS) is 20.5. The van der Waals surface area contributed by atoms with E-state index >= 15 is 0 Å². The molecule has 1 fully saturated rings. The molecule has 1 aliphatic heterocycles. The van der Waals surface area contributed by atoms with E-state index in [9.17, 15) is 28.5 Å². The van der Waals surface area contributed by atoms with E-state index in [-0.39, 0.29) is 19.6 Å². The Morgan fingerprint density at radius 2 is 1.15 bits per heavy atom. The number of ether oxygens (including phenoxy) is 4. The summed E-state index contributed by atoms with van der Waals surface area (Å²) in [6, 6.07) is 0. The molecule has 0 aromatic heterocycles. The summed E-state index contributed by atoms with van der Waals surface area (Å²) in [5.74, 6) is -0.400. The standard InChI is InChI=1S/C46H86O12S/c1-3-5-7-9-11-13-15-17-19-20-21-22-23-25-27-29-31-33-35-42(48)56-40(38-54-36-34-32-30-28-26-24-18-16-14-12-10-8-6-4-2)39-55-46-44(50)45(58-59(51,52)53)43(49)41(37-47)57-46/h8,10,14,16,40-41,43-47,49-50H,3-7,9,11-13,15,17-39H2,1-2H3,(H,51,52,53)/b10-8-,16-14-. The molecule has 6 atom stereocenters. The zero-order chi connectivity index (χ0) is 43.2. The second-order valence-corrected chi connectivity index (χ2v) is 17.4. The Morgan fingerprint density at radius 1 is 0.644 bits per heavy atom. The van der Waals surface area contributed by atoms with Gasteiger partial charge < -0.3 is 34.3 Å². The largest absolute Gasteiger partial charge is 0.457 e. The van der Waals surface area contributed by atoms with Crippen molar-refractivity contribution in [2.45, 2.75) is 237 Å². The topological polar surface area (TPSA) is 178 Å². The Kier molecular flexibility index (Phi) is 36.1. The molecule has 0 bridgehead atoms. The lowest BCUT2D eigenvalue weighted by Gasteiger charge is -2.41. The molecule has 0 spiro atoms. The van der Waals surface area contributed by atoms with Gasteiger partial charge in [-0.2, -0.15) is 8.42 Å². The maximum Gasteiger partial charge on any atom is 0.397 e. The summed E-state index contributed by atoms with van der Waals surface area (Å²) < 4.78 is 59.1. The van der Waals surface area contributed by atoms with E-state index in [4.69, 9.17) is 23.5 Å². The van der Waals surface area contributed by atoms with Crippen LogP contribution in [0.2, 0.25) is 0 Å². The highest BCUT2D eigenvalue weighted by molar-refractivity contribution is 7.80. The van der Waals surface area contributed by atoms with E-state index in [2.05, 4.69) is 42.3 Å². The quantitative estimate of drug-likeness (QED) is 0.0198. The molecule has 1 aliphatic rings. The van der Waals surface area contributed by atoms with Crippen molar-refractivity contribution in [3.05, 3.63) is 24.3 Å². The number of unbranched alkanes of at least 4 members (excludes halogenated alkanes) is 24. The van der Waals surface area contributed by atoms with Crippen molar-refractivity contribution < 1.29 is 56.2 Å². The van der Waals surface area contributed by atoms with E-state index in [1.807, 2.05) is 0 Å². The van der Waals surface area contributed by atoms with E-state index in [0.717, 1.165) is 64.2 Å². The van der Waals surface area contributed by atoms with Gasteiger partial charge in [0.2, 0.25) is 0 Å². The van der Waals surface area contributed by atoms with Crippen LogP contribution in [0, 0.1) is 0 Å². The predicted molar refractivity (Wildman–Crippen MR) is 234 cm³/mol. The van der Waals surface area contributed by atoms with Crippen molar-refractivity contribution in [3.63, 3.8) is 0 Å². The van der Waals surface area contributed by atoms with E-state index < -0.39 is 59.8 Å². The molecule has 0 amide bonds. The van der Waals surface area contributed by atoms with Crippen molar-refractivity contribution >= 4 is 16.4 Å². The molecule has 0 aromatic carbocycles. The van der Waals surface area contributed by atoms with Crippen LogP contribution >= 0.6 is 0 Å². The van der Waals surface area contributed by atoms with Crippen LogP contribution in [0.15, 0.2) is 24.3 Å². The van der Waals surface area contributed by atoms with E-state index in [0.29, 0.717) is 13.0 Å². The van der Waals surface area contributed by atoms with Crippen LogP contribution in [0.1, 0.15) is 200 Å². The van der Waals surface area contributed by atoms with Gasteiger partial charge in [-0.15, -0.1) is 0 Å². The minimum Gasteiger partial charge on any atom is -0.457 e. The molecule has 12 nitrogen and oxygen atoms in total. The number of aliphatic hydroxyl groups is 3. The molecule has 1 saturated heterocycles. The Labute approximate surface area is 359 Å². The van der Waals surface area contributed by atoms with Gasteiger partial charge in [0.25, 0.3) is 0 Å². The number of esters is 1. The van der Waals surface area contributed by atoms with Crippen LogP contribution in [0.4, 0.5) is 0 Å². The Bertz CT molecular complexity index is 1130. The van der Waals surface area contributed by atoms with Gasteiger partial charge in [-0.1, -0.05) is 179 Å². The van der Waals surface area contributed by atoms with Crippen molar-refractivity contribution in [2.24, 2.45) is 0 Å². The summed E-state index contributed by atoms with van der Waals surface area (Å²) in [7, 11) is -5.06. The van der Waals surface area contributed by atoms with Crippen LogP contribution in [-0.2, 0) is 38.3 Å². The third-order valence-electron chi connectivity index (χ3n) is 10.8. The number of hydrogen-bond acceptors (Lipinski definition) is 11. The molecular weight excluding hydrogens is 777 g/mol. The Hall–Kier alpha value is -1.42. The van der Waals surface area contributed by atoms with Crippen molar-refractivity contribution in [1.82, 2.24) is 0 Å². The number of hydrogen-bond donors (Lipinski definition) is 4. The fourth-order valence-corrected chi connectivity index (χ4v) is 7.75. The molecule has 6 unspecified atom stereocenters. The first-order valence-corrected chi connectivity index (χ1v) is 25.0. The molecule has 0 aliphatic carbocycles. The highest BCUT2D eigenvalue weighted by Gasteiger charge is 2.48. The van der Waals surface area contributed by atoms with Gasteiger partial charge in [-0.3, -0.25) is 9.35 Å². The maximum absolute atomic E-state index is 12.9. The fourth-order valence-electron chi connectivity index (χ4n) is 7.24. The lowest BCUT2D eigenvalue weighted by Crippen LogP contribution is -2.60. The van der Waals surface area contributed by atoms with Gasteiger partial charge in [-0.25, -0.2) is 4.18 Å². The van der Waals surface area contributed by atoms with Gasteiger partial charge >= 0.3 is 16.4 Å². The molecule has 59 heavy (non-hydrogen) atoms. The Morgan fingerprint density at radius 3 is 1.68 bits per heavy atom. The van der Waals surface area contributed by atoms with Crippen molar-refractivity contribution in [1.29, 1.82) is 0 Å². The zero-order valence-electron chi connectivity index (χ0n) is 37.1. The number of carbonyl (C=O) groups is 1. The summed E-state index contributed by atoms with van der Waals surface area (Å²) in [6.45, 7) is 3.93. The van der Waals surface area contributed by atoms with Crippen LogP contribution in [-0.4, -0.2) is 97.5 Å². The second-order valence-electron chi connectivity index (χ2n) is 16.4.